The highest BCUT2D eigenvalue weighted by Gasteiger charge is 2.36. The van der Waals surface area contributed by atoms with Crippen LogP contribution in [0, 0.1) is 6.92 Å². The second kappa shape index (κ2) is 8.72. The smallest absolute Gasteiger partial charge is 0.264 e. The monoisotopic (exact) mass is 455 g/mol. The number of carbonyl (C=O) groups excluding carboxylic acids is 2. The van der Waals surface area contributed by atoms with Gasteiger partial charge in [0.1, 0.15) is 0 Å². The first-order valence-electron chi connectivity index (χ1n) is 11.2. The van der Waals surface area contributed by atoms with Gasteiger partial charge in [0.05, 0.1) is 17.9 Å². The fourth-order valence-corrected chi connectivity index (χ4v) is 3.94. The first-order chi connectivity index (χ1) is 16.4. The first-order valence-corrected chi connectivity index (χ1v) is 11.2. The number of ether oxygens (including phenoxy) is 1. The molecule has 3 aromatic rings. The van der Waals surface area contributed by atoms with Gasteiger partial charge in [-0.1, -0.05) is 30.3 Å². The largest absolute Gasteiger partial charge is 0.366 e. The highest BCUT2D eigenvalue weighted by Crippen LogP contribution is 2.32. The summed E-state index contributed by atoms with van der Waals surface area (Å²) in [5.41, 5.74) is 8.44. The van der Waals surface area contributed by atoms with E-state index in [4.69, 9.17) is 10.5 Å². The molecular formula is C26H25N5O3. The zero-order valence-corrected chi connectivity index (χ0v) is 18.7. The minimum atomic E-state index is -1.36. The van der Waals surface area contributed by atoms with Crippen LogP contribution in [0.2, 0.25) is 0 Å². The fraction of sp³-hybridized carbons (Fsp3) is 0.231. The molecular weight excluding hydrogens is 430 g/mol. The van der Waals surface area contributed by atoms with E-state index in [2.05, 4.69) is 20.6 Å². The number of nitrogens with zero attached hydrogens (tertiary/aromatic N) is 2. The molecule has 1 aliphatic carbocycles. The number of hydrogen-bond acceptors (Lipinski definition) is 6. The molecule has 1 aromatic heterocycles. The van der Waals surface area contributed by atoms with Crippen molar-refractivity contribution in [3.63, 3.8) is 0 Å². The summed E-state index contributed by atoms with van der Waals surface area (Å²) < 4.78 is 6.39. The van der Waals surface area contributed by atoms with Crippen molar-refractivity contribution >= 4 is 28.8 Å². The molecule has 1 unspecified atom stereocenters. The van der Waals surface area contributed by atoms with E-state index in [0.717, 1.165) is 34.9 Å². The molecule has 2 aromatic carbocycles. The van der Waals surface area contributed by atoms with Crippen LogP contribution in [0.4, 0.5) is 0 Å². The van der Waals surface area contributed by atoms with E-state index in [9.17, 15) is 9.59 Å². The predicted molar refractivity (Wildman–Crippen MR) is 129 cm³/mol. The second-order valence-corrected chi connectivity index (χ2v) is 8.56. The Morgan fingerprint density at radius 3 is 2.76 bits per heavy atom. The minimum absolute atomic E-state index is 0.136. The van der Waals surface area contributed by atoms with E-state index in [1.807, 2.05) is 43.3 Å². The number of rotatable bonds is 7. The number of pyridine rings is 1. The van der Waals surface area contributed by atoms with Crippen LogP contribution >= 0.6 is 0 Å². The fourth-order valence-electron chi connectivity index (χ4n) is 3.94. The van der Waals surface area contributed by atoms with Gasteiger partial charge in [-0.3, -0.25) is 14.6 Å². The Hall–Kier alpha value is -4.04. The van der Waals surface area contributed by atoms with Crippen LogP contribution in [0.25, 0.3) is 10.8 Å². The third kappa shape index (κ3) is 4.27. The molecule has 0 radical (unpaired) electrons. The van der Waals surface area contributed by atoms with Gasteiger partial charge in [0.25, 0.3) is 17.7 Å². The summed E-state index contributed by atoms with van der Waals surface area (Å²) in [6, 6.07) is 15.5. The molecule has 2 heterocycles. The molecule has 0 saturated heterocycles. The topological polar surface area (TPSA) is 119 Å². The van der Waals surface area contributed by atoms with Crippen LogP contribution in [0.1, 0.15) is 40.0 Å². The third-order valence-corrected chi connectivity index (χ3v) is 6.04. The number of primary amides is 1. The van der Waals surface area contributed by atoms with Crippen molar-refractivity contribution < 1.29 is 14.3 Å². The Bertz CT molecular complexity index is 1340. The van der Waals surface area contributed by atoms with E-state index in [1.165, 1.54) is 12.4 Å². The Balaban J connectivity index is 1.51. The van der Waals surface area contributed by atoms with Crippen LogP contribution in [-0.4, -0.2) is 29.1 Å². The summed E-state index contributed by atoms with van der Waals surface area (Å²) in [6.45, 7) is 2.06. The number of benzene rings is 2. The van der Waals surface area contributed by atoms with Crippen molar-refractivity contribution in [1.82, 2.24) is 15.6 Å². The normalized spacial score (nSPS) is 19.4. The Kier molecular flexibility index (Phi) is 5.59. The lowest BCUT2D eigenvalue weighted by molar-refractivity contribution is -0.114. The van der Waals surface area contributed by atoms with E-state index in [-0.39, 0.29) is 24.1 Å². The van der Waals surface area contributed by atoms with E-state index in [0.29, 0.717) is 11.1 Å². The molecule has 5 rings (SSSR count). The molecule has 2 amide bonds. The number of aromatic nitrogens is 1. The van der Waals surface area contributed by atoms with Crippen LogP contribution in [0.15, 0.2) is 71.5 Å². The molecule has 8 nitrogen and oxygen atoms in total. The first kappa shape index (κ1) is 21.8. The lowest BCUT2D eigenvalue weighted by atomic mass is 9.99. The van der Waals surface area contributed by atoms with Crippen molar-refractivity contribution in [3.8, 4) is 0 Å². The maximum absolute atomic E-state index is 12.7. The van der Waals surface area contributed by atoms with Crippen LogP contribution < -0.4 is 16.4 Å². The molecule has 34 heavy (non-hydrogen) atoms. The van der Waals surface area contributed by atoms with E-state index < -0.39 is 11.8 Å². The molecule has 1 fully saturated rings. The van der Waals surface area contributed by atoms with Gasteiger partial charge in [0.2, 0.25) is 0 Å². The zero-order chi connectivity index (χ0) is 23.7. The molecule has 1 aliphatic heterocycles. The quantitative estimate of drug-likeness (QED) is 0.506. The lowest BCUT2D eigenvalue weighted by Gasteiger charge is -2.34. The molecule has 2 aliphatic rings. The standard InChI is InChI=1S/C26H25N5O3/c1-16-6-7-18(25(33)31-20-8-9-20)12-22(16)26(29-13-19(14-30-26)24(27)32)34-15-23-21-5-3-2-4-17(21)10-11-28-23/h2-7,10-14,20,29H,8-9,15H2,1H3,(H2,27,32)(H,31,33). The summed E-state index contributed by atoms with van der Waals surface area (Å²) in [5, 5.41) is 8.15. The summed E-state index contributed by atoms with van der Waals surface area (Å²) in [5.74, 6) is -2.10. The molecule has 8 heteroatoms. The second-order valence-electron chi connectivity index (χ2n) is 8.56. The van der Waals surface area contributed by atoms with Crippen LogP contribution in [0.3, 0.4) is 0 Å². The van der Waals surface area contributed by atoms with Gasteiger partial charge in [-0.05, 0) is 48.9 Å². The van der Waals surface area contributed by atoms with Gasteiger partial charge in [-0.2, -0.15) is 0 Å². The molecule has 0 bridgehead atoms. The summed E-state index contributed by atoms with van der Waals surface area (Å²) in [4.78, 5) is 33.5. The van der Waals surface area contributed by atoms with Gasteiger partial charge in [-0.15, -0.1) is 0 Å². The van der Waals surface area contributed by atoms with Gasteiger partial charge in [0.15, 0.2) is 0 Å². The number of fused-ring (bicyclic) bond motifs is 1. The van der Waals surface area contributed by atoms with Gasteiger partial charge < -0.3 is 21.1 Å². The SMILES string of the molecule is Cc1ccc(C(=O)NC2CC2)cc1C1(OCc2nccc3ccccc23)N=CC(C(N)=O)=CN1. The highest BCUT2D eigenvalue weighted by molar-refractivity contribution is 6.11. The summed E-state index contributed by atoms with van der Waals surface area (Å²) in [7, 11) is 0. The van der Waals surface area contributed by atoms with Gasteiger partial charge in [0, 0.05) is 41.2 Å². The predicted octanol–water partition coefficient (Wildman–Crippen LogP) is 2.81. The van der Waals surface area contributed by atoms with Crippen molar-refractivity contribution in [2.75, 3.05) is 0 Å². The van der Waals surface area contributed by atoms with Crippen LogP contribution in [0.5, 0.6) is 0 Å². The number of amides is 2. The highest BCUT2D eigenvalue weighted by atomic mass is 16.5. The molecule has 0 spiro atoms. The molecule has 172 valence electrons. The lowest BCUT2D eigenvalue weighted by Crippen LogP contribution is -2.44. The van der Waals surface area contributed by atoms with Crippen molar-refractivity contribution in [2.24, 2.45) is 10.7 Å². The van der Waals surface area contributed by atoms with Crippen molar-refractivity contribution in [3.05, 3.63) is 88.9 Å². The Morgan fingerprint density at radius 2 is 2.03 bits per heavy atom. The van der Waals surface area contributed by atoms with Crippen LogP contribution in [-0.2, 0) is 22.0 Å². The molecule has 4 N–H and O–H groups in total. The number of aliphatic imine (C=N–C) groups is 1. The summed E-state index contributed by atoms with van der Waals surface area (Å²) in [6.07, 6.45) is 6.63. The van der Waals surface area contributed by atoms with Crippen molar-refractivity contribution in [2.45, 2.75) is 38.3 Å². The number of nitrogens with one attached hydrogen (secondary N) is 2. The number of nitrogens with two attached hydrogens (primary N) is 1. The van der Waals surface area contributed by atoms with Gasteiger partial charge >= 0.3 is 0 Å². The average molecular weight is 456 g/mol. The maximum Gasteiger partial charge on any atom is 0.264 e. The minimum Gasteiger partial charge on any atom is -0.366 e. The number of hydrogen-bond donors (Lipinski definition) is 3. The number of carbonyl (C=O) groups is 2. The Morgan fingerprint density at radius 1 is 1.21 bits per heavy atom. The van der Waals surface area contributed by atoms with E-state index in [1.54, 1.807) is 18.3 Å². The van der Waals surface area contributed by atoms with E-state index >= 15 is 0 Å². The zero-order valence-electron chi connectivity index (χ0n) is 18.7. The molecule has 1 saturated carbocycles. The average Bonchev–Trinajstić information content (AvgIpc) is 3.67. The number of aryl methyl sites for hydroxylation is 1. The Labute approximate surface area is 196 Å². The summed E-state index contributed by atoms with van der Waals surface area (Å²) >= 11 is 0. The maximum atomic E-state index is 12.7. The molecule has 1 atom stereocenters. The van der Waals surface area contributed by atoms with Gasteiger partial charge in [-0.25, -0.2) is 4.99 Å². The van der Waals surface area contributed by atoms with Crippen molar-refractivity contribution in [1.29, 1.82) is 0 Å². The third-order valence-electron chi connectivity index (χ3n) is 6.04.